The lowest BCUT2D eigenvalue weighted by Crippen LogP contribution is -2.43. The number of pyridine rings is 1. The van der Waals surface area contributed by atoms with Gasteiger partial charge in [-0.05, 0) is 18.4 Å². The summed E-state index contributed by atoms with van der Waals surface area (Å²) in [5, 5.41) is 0.294. The molecule has 1 amide bonds. The highest BCUT2D eigenvalue weighted by atomic mass is 35.5. The van der Waals surface area contributed by atoms with Gasteiger partial charge in [-0.2, -0.15) is 0 Å². The highest BCUT2D eigenvalue weighted by Crippen LogP contribution is 2.37. The first-order chi connectivity index (χ1) is 16.3. The van der Waals surface area contributed by atoms with E-state index >= 15 is 0 Å². The van der Waals surface area contributed by atoms with Gasteiger partial charge in [0.15, 0.2) is 0 Å². The zero-order valence-electron chi connectivity index (χ0n) is 18.7. The van der Waals surface area contributed by atoms with Crippen LogP contribution >= 0.6 is 11.6 Å². The van der Waals surface area contributed by atoms with Crippen molar-refractivity contribution >= 4 is 39.0 Å². The summed E-state index contributed by atoms with van der Waals surface area (Å²) < 4.78 is 32.7. The Kier molecular flexibility index (Phi) is 7.08. The predicted molar refractivity (Wildman–Crippen MR) is 131 cm³/mol. The summed E-state index contributed by atoms with van der Waals surface area (Å²) in [5.41, 5.74) is 7.71. The first-order valence-electron chi connectivity index (χ1n) is 11.0. The summed E-state index contributed by atoms with van der Waals surface area (Å²) in [4.78, 5) is 23.3. The highest BCUT2D eigenvalue weighted by Gasteiger charge is 2.30. The van der Waals surface area contributed by atoms with Crippen LogP contribution in [0, 0.1) is 5.92 Å². The van der Waals surface area contributed by atoms with Gasteiger partial charge in [0.1, 0.15) is 16.6 Å². The lowest BCUT2D eigenvalue weighted by molar-refractivity contribution is -0.123. The number of nitrogens with zero attached hydrogens (tertiary/aromatic N) is 3. The van der Waals surface area contributed by atoms with Crippen LogP contribution in [0.5, 0.6) is 0 Å². The Bertz CT molecular complexity index is 1270. The van der Waals surface area contributed by atoms with E-state index in [4.69, 9.17) is 21.8 Å². The molecular weight excluding hydrogens is 478 g/mol. The van der Waals surface area contributed by atoms with Gasteiger partial charge in [0.25, 0.3) is 0 Å². The third-order valence-corrected chi connectivity index (χ3v) is 7.39. The van der Waals surface area contributed by atoms with Crippen molar-refractivity contribution in [1.29, 1.82) is 0 Å². The van der Waals surface area contributed by atoms with Crippen LogP contribution in [0.15, 0.2) is 47.1 Å². The zero-order valence-corrected chi connectivity index (χ0v) is 20.3. The number of aromatic nitrogens is 2. The largest absolute Gasteiger partial charge is 0.441 e. The number of nitrogens with one attached hydrogen (secondary N) is 1. The second-order valence-corrected chi connectivity index (χ2v) is 10.3. The summed E-state index contributed by atoms with van der Waals surface area (Å²) in [5.74, 6) is 0.467. The summed E-state index contributed by atoms with van der Waals surface area (Å²) in [6.45, 7) is 2.94. The van der Waals surface area contributed by atoms with Crippen molar-refractivity contribution in [1.82, 2.24) is 14.7 Å². The molecule has 1 aliphatic heterocycles. The smallest absolute Gasteiger partial charge is 0.239 e. The Morgan fingerprint density at radius 1 is 1.21 bits per heavy atom. The fourth-order valence-corrected chi connectivity index (χ4v) is 5.34. The molecule has 0 aliphatic carbocycles. The maximum absolute atomic E-state index is 12.6. The number of piperidine rings is 1. The number of aryl methyl sites for hydroxylation is 1. The first kappa shape index (κ1) is 24.0. The second kappa shape index (κ2) is 10.0. The van der Waals surface area contributed by atoms with E-state index in [-0.39, 0.29) is 5.75 Å². The normalized spacial score (nSPS) is 14.8. The first-order valence-corrected chi connectivity index (χ1v) is 13.0. The number of carbonyl (C=O) groups excluding carboxylic acids is 1. The number of carbonyl (C=O) groups is 1. The summed E-state index contributed by atoms with van der Waals surface area (Å²) in [6.07, 6.45) is 4.86. The molecule has 0 bridgehead atoms. The number of anilines is 2. The van der Waals surface area contributed by atoms with E-state index in [1.54, 1.807) is 42.7 Å². The molecule has 1 saturated heterocycles. The predicted octanol–water partition coefficient (Wildman–Crippen LogP) is 3.40. The van der Waals surface area contributed by atoms with Gasteiger partial charge in [-0.3, -0.25) is 9.52 Å². The van der Waals surface area contributed by atoms with E-state index in [1.807, 2.05) is 11.8 Å². The minimum Gasteiger partial charge on any atom is -0.441 e. The molecule has 11 heteroatoms. The van der Waals surface area contributed by atoms with Gasteiger partial charge in [-0.15, -0.1) is 0 Å². The Morgan fingerprint density at radius 2 is 1.91 bits per heavy atom. The number of nitrogen functional groups attached to an aromatic ring is 1. The Labute approximate surface area is 203 Å². The van der Waals surface area contributed by atoms with Crippen molar-refractivity contribution in [2.75, 3.05) is 23.7 Å². The van der Waals surface area contributed by atoms with Crippen molar-refractivity contribution in [2.24, 2.45) is 5.92 Å². The zero-order chi connectivity index (χ0) is 24.3. The van der Waals surface area contributed by atoms with Crippen molar-refractivity contribution in [3.8, 4) is 11.5 Å². The van der Waals surface area contributed by atoms with Crippen LogP contribution in [-0.4, -0.2) is 37.4 Å². The number of benzene rings is 1. The number of amides is 1. The molecule has 0 radical (unpaired) electrons. The molecule has 3 aromatic rings. The molecule has 180 valence electrons. The molecule has 0 saturated carbocycles. The van der Waals surface area contributed by atoms with Crippen LogP contribution in [0.2, 0.25) is 5.02 Å². The van der Waals surface area contributed by atoms with Crippen molar-refractivity contribution in [2.45, 2.75) is 31.9 Å². The Hall–Kier alpha value is -3.11. The van der Waals surface area contributed by atoms with Gasteiger partial charge in [-0.25, -0.2) is 18.4 Å². The average Bonchev–Trinajstić information content (AvgIpc) is 3.30. The van der Waals surface area contributed by atoms with Gasteiger partial charge in [0, 0.05) is 31.6 Å². The number of halogens is 1. The lowest BCUT2D eigenvalue weighted by Gasteiger charge is -2.32. The number of sulfonamides is 1. The molecule has 0 unspecified atom stereocenters. The molecule has 3 heterocycles. The average molecular weight is 504 g/mol. The standard InChI is InChI=1S/C23H26ClN5O4S/c1-2-17-12-27-23(33-17)18-13-26-21(19(24)20(18)25)29-10-8-16(9-11-29)22(30)28-34(31,32)14-15-6-4-3-5-7-15/h3-7,12-13,16H,2,8-11,14H2,1H3,(H2,25,26)(H,28,30). The second-order valence-electron chi connectivity index (χ2n) is 8.18. The number of rotatable bonds is 7. The van der Waals surface area contributed by atoms with Gasteiger partial charge in [0.2, 0.25) is 21.8 Å². The molecule has 1 aromatic carbocycles. The van der Waals surface area contributed by atoms with Crippen LogP contribution in [0.3, 0.4) is 0 Å². The fourth-order valence-electron chi connectivity index (χ4n) is 3.90. The molecule has 0 spiro atoms. The molecule has 34 heavy (non-hydrogen) atoms. The van der Waals surface area contributed by atoms with Crippen molar-refractivity contribution in [3.05, 3.63) is 59.1 Å². The summed E-state index contributed by atoms with van der Waals surface area (Å²) in [6, 6.07) is 8.74. The van der Waals surface area contributed by atoms with Gasteiger partial charge < -0.3 is 15.1 Å². The number of hydrogen-bond donors (Lipinski definition) is 2. The number of oxazole rings is 1. The molecule has 9 nitrogen and oxygen atoms in total. The lowest BCUT2D eigenvalue weighted by atomic mass is 9.96. The highest BCUT2D eigenvalue weighted by molar-refractivity contribution is 7.89. The molecule has 3 N–H and O–H groups in total. The van der Waals surface area contributed by atoms with E-state index in [1.165, 1.54) is 0 Å². The topological polar surface area (TPSA) is 131 Å². The molecule has 1 fully saturated rings. The molecule has 4 rings (SSSR count). The van der Waals surface area contributed by atoms with E-state index < -0.39 is 21.8 Å². The van der Waals surface area contributed by atoms with Crippen LogP contribution in [0.25, 0.3) is 11.5 Å². The molecule has 2 aromatic heterocycles. The van der Waals surface area contributed by atoms with Gasteiger partial charge in [0.05, 0.1) is 23.2 Å². The fraction of sp³-hybridized carbons (Fsp3) is 0.348. The number of nitrogens with two attached hydrogens (primary N) is 1. The van der Waals surface area contributed by atoms with Crippen LogP contribution in [0.4, 0.5) is 11.5 Å². The number of hydrogen-bond acceptors (Lipinski definition) is 8. The van der Waals surface area contributed by atoms with E-state index in [9.17, 15) is 13.2 Å². The Balaban J connectivity index is 1.38. The quantitative estimate of drug-likeness (QED) is 0.501. The van der Waals surface area contributed by atoms with Gasteiger partial charge >= 0.3 is 0 Å². The third-order valence-electron chi connectivity index (χ3n) is 5.79. The maximum Gasteiger partial charge on any atom is 0.239 e. The van der Waals surface area contributed by atoms with Crippen molar-refractivity contribution < 1.29 is 17.6 Å². The van der Waals surface area contributed by atoms with Crippen LogP contribution < -0.4 is 15.4 Å². The third kappa shape index (κ3) is 5.34. The van der Waals surface area contributed by atoms with Crippen LogP contribution in [0.1, 0.15) is 31.1 Å². The Morgan fingerprint density at radius 3 is 2.56 bits per heavy atom. The monoisotopic (exact) mass is 503 g/mol. The van der Waals surface area contributed by atoms with Gasteiger partial charge in [-0.1, -0.05) is 48.9 Å². The van der Waals surface area contributed by atoms with E-state index in [0.717, 1.165) is 5.76 Å². The molecule has 1 aliphatic rings. The SMILES string of the molecule is CCc1cnc(-c2cnc(N3CCC(C(=O)NS(=O)(=O)Cc4ccccc4)CC3)c(Cl)c2N)o1. The van der Waals surface area contributed by atoms with Crippen LogP contribution in [-0.2, 0) is 27.0 Å². The minimum atomic E-state index is -3.77. The molecule has 0 atom stereocenters. The minimum absolute atomic E-state index is 0.242. The summed E-state index contributed by atoms with van der Waals surface area (Å²) in [7, 11) is -3.77. The van der Waals surface area contributed by atoms with E-state index in [0.29, 0.717) is 65.9 Å². The molecular formula is C23H26ClN5O4S. The maximum atomic E-state index is 12.6. The van der Waals surface area contributed by atoms with E-state index in [2.05, 4.69) is 14.7 Å². The summed E-state index contributed by atoms with van der Waals surface area (Å²) >= 11 is 6.53. The van der Waals surface area contributed by atoms with Crippen molar-refractivity contribution in [3.63, 3.8) is 0 Å².